The second kappa shape index (κ2) is 4.34. The molecule has 3 rings (SSSR count). The summed E-state index contributed by atoms with van der Waals surface area (Å²) < 4.78 is 5.67. The van der Waals surface area contributed by atoms with E-state index >= 15 is 0 Å². The van der Waals surface area contributed by atoms with Crippen molar-refractivity contribution in [1.29, 1.82) is 0 Å². The Morgan fingerprint density at radius 1 is 1.41 bits per heavy atom. The van der Waals surface area contributed by atoms with Crippen molar-refractivity contribution in [3.63, 3.8) is 0 Å². The van der Waals surface area contributed by atoms with Gasteiger partial charge in [-0.05, 0) is 55.3 Å². The molecule has 0 bridgehead atoms. The van der Waals surface area contributed by atoms with E-state index in [1.807, 2.05) is 0 Å². The molecule has 3 unspecified atom stereocenters. The van der Waals surface area contributed by atoms with E-state index in [9.17, 15) is 0 Å². The Morgan fingerprint density at radius 2 is 2.24 bits per heavy atom. The highest BCUT2D eigenvalue weighted by atomic mass is 16.5. The second-order valence-corrected chi connectivity index (χ2v) is 5.46. The maximum atomic E-state index is 5.67. The number of benzene rings is 1. The van der Waals surface area contributed by atoms with Crippen molar-refractivity contribution in [2.45, 2.75) is 32.2 Å². The number of ether oxygens (including phenoxy) is 1. The quantitative estimate of drug-likeness (QED) is 0.863. The van der Waals surface area contributed by atoms with Crippen LogP contribution in [0.2, 0.25) is 0 Å². The maximum absolute atomic E-state index is 5.67. The molecule has 92 valence electrons. The Kier molecular flexibility index (Phi) is 2.83. The van der Waals surface area contributed by atoms with Crippen molar-refractivity contribution < 1.29 is 4.74 Å². The molecule has 1 heterocycles. The summed E-state index contributed by atoms with van der Waals surface area (Å²) >= 11 is 0. The molecule has 1 aromatic carbocycles. The van der Waals surface area contributed by atoms with Crippen molar-refractivity contribution in [2.24, 2.45) is 11.8 Å². The molecule has 1 N–H and O–H groups in total. The maximum Gasteiger partial charge on any atom is 0.122 e. The number of aryl methyl sites for hydroxylation is 1. The second-order valence-electron chi connectivity index (χ2n) is 5.46. The highest BCUT2D eigenvalue weighted by Gasteiger charge is 2.39. The van der Waals surface area contributed by atoms with Gasteiger partial charge in [-0.15, -0.1) is 0 Å². The topological polar surface area (TPSA) is 21.3 Å². The summed E-state index contributed by atoms with van der Waals surface area (Å²) in [5.74, 6) is 2.79. The van der Waals surface area contributed by atoms with Gasteiger partial charge in [0.15, 0.2) is 0 Å². The number of fused-ring (bicyclic) bond motifs is 1. The normalized spacial score (nSPS) is 28.1. The average molecular weight is 231 g/mol. The lowest BCUT2D eigenvalue weighted by Gasteiger charge is -2.21. The van der Waals surface area contributed by atoms with Crippen LogP contribution < -0.4 is 10.1 Å². The van der Waals surface area contributed by atoms with Crippen molar-refractivity contribution in [3.05, 3.63) is 29.3 Å². The third-order valence-electron chi connectivity index (χ3n) is 4.20. The first-order valence-electron chi connectivity index (χ1n) is 6.72. The van der Waals surface area contributed by atoms with Crippen LogP contribution in [-0.2, 0) is 6.42 Å². The molecule has 1 saturated carbocycles. The summed E-state index contributed by atoms with van der Waals surface area (Å²) in [5.41, 5.74) is 2.83. The predicted molar refractivity (Wildman–Crippen MR) is 69.3 cm³/mol. The minimum atomic E-state index is 0.525. The lowest BCUT2D eigenvalue weighted by Crippen LogP contribution is -2.19. The summed E-state index contributed by atoms with van der Waals surface area (Å²) in [5, 5.41) is 3.48. The van der Waals surface area contributed by atoms with Crippen molar-refractivity contribution >= 4 is 0 Å². The molecule has 0 aromatic heterocycles. The van der Waals surface area contributed by atoms with E-state index in [0.29, 0.717) is 6.04 Å². The Bertz CT molecular complexity index is 415. The van der Waals surface area contributed by atoms with Crippen molar-refractivity contribution in [3.8, 4) is 5.75 Å². The van der Waals surface area contributed by atoms with Crippen molar-refractivity contribution in [2.75, 3.05) is 13.7 Å². The van der Waals surface area contributed by atoms with E-state index < -0.39 is 0 Å². The Morgan fingerprint density at radius 3 is 2.94 bits per heavy atom. The van der Waals surface area contributed by atoms with Gasteiger partial charge in [-0.25, -0.2) is 0 Å². The van der Waals surface area contributed by atoms with E-state index in [2.05, 4.69) is 37.5 Å². The van der Waals surface area contributed by atoms with Crippen LogP contribution in [0.4, 0.5) is 0 Å². The zero-order chi connectivity index (χ0) is 11.8. The van der Waals surface area contributed by atoms with Gasteiger partial charge in [0.25, 0.3) is 0 Å². The minimum absolute atomic E-state index is 0.525. The van der Waals surface area contributed by atoms with Gasteiger partial charge in [0.2, 0.25) is 0 Å². The molecule has 1 aliphatic heterocycles. The van der Waals surface area contributed by atoms with Crippen LogP contribution in [0, 0.1) is 11.8 Å². The molecule has 0 saturated heterocycles. The van der Waals surface area contributed by atoms with Crippen LogP contribution in [0.1, 0.15) is 36.9 Å². The van der Waals surface area contributed by atoms with Crippen LogP contribution in [-0.4, -0.2) is 13.7 Å². The van der Waals surface area contributed by atoms with Gasteiger partial charge in [-0.2, -0.15) is 0 Å². The molecule has 1 fully saturated rings. The standard InChI is InChI=1S/C15H21NO/c1-10-8-13(10)15(16-2)12-5-6-14-11(9-12)4-3-7-17-14/h5-6,9-10,13,15-16H,3-4,7-8H2,1-2H3. The Hall–Kier alpha value is -1.02. The molecule has 2 nitrogen and oxygen atoms in total. The summed E-state index contributed by atoms with van der Waals surface area (Å²) in [6, 6.07) is 7.26. The first-order chi connectivity index (χ1) is 8.29. The first kappa shape index (κ1) is 11.1. The van der Waals surface area contributed by atoms with Crippen molar-refractivity contribution in [1.82, 2.24) is 5.32 Å². The Labute approximate surface area is 103 Å². The first-order valence-corrected chi connectivity index (χ1v) is 6.72. The monoisotopic (exact) mass is 231 g/mol. The number of rotatable bonds is 3. The SMILES string of the molecule is CNC(c1ccc2c(c1)CCCO2)C1CC1C. The molecular formula is C15H21NO. The van der Waals surface area contributed by atoms with Crippen LogP contribution in [0.5, 0.6) is 5.75 Å². The van der Waals surface area contributed by atoms with Gasteiger partial charge in [0.05, 0.1) is 6.61 Å². The summed E-state index contributed by atoms with van der Waals surface area (Å²) in [7, 11) is 2.08. The third-order valence-corrected chi connectivity index (χ3v) is 4.20. The minimum Gasteiger partial charge on any atom is -0.493 e. The van der Waals surface area contributed by atoms with Gasteiger partial charge in [0.1, 0.15) is 5.75 Å². The molecule has 3 atom stereocenters. The van der Waals surface area contributed by atoms with E-state index in [-0.39, 0.29) is 0 Å². The molecule has 0 radical (unpaired) electrons. The Balaban J connectivity index is 1.86. The molecule has 2 aliphatic rings. The van der Waals surface area contributed by atoms with E-state index in [1.165, 1.54) is 24.0 Å². The predicted octanol–water partition coefficient (Wildman–Crippen LogP) is 2.93. The van der Waals surface area contributed by atoms with E-state index in [4.69, 9.17) is 4.74 Å². The number of hydrogen-bond donors (Lipinski definition) is 1. The summed E-state index contributed by atoms with van der Waals surface area (Å²) in [6.45, 7) is 3.22. The van der Waals surface area contributed by atoms with Gasteiger partial charge in [-0.1, -0.05) is 19.1 Å². The number of nitrogens with one attached hydrogen (secondary N) is 1. The smallest absolute Gasteiger partial charge is 0.122 e. The third kappa shape index (κ3) is 2.06. The zero-order valence-corrected chi connectivity index (χ0v) is 10.7. The highest BCUT2D eigenvalue weighted by molar-refractivity contribution is 5.40. The summed E-state index contributed by atoms with van der Waals surface area (Å²) in [4.78, 5) is 0. The van der Waals surface area contributed by atoms with Crippen LogP contribution >= 0.6 is 0 Å². The van der Waals surface area contributed by atoms with E-state index in [1.54, 1.807) is 0 Å². The van der Waals surface area contributed by atoms with Gasteiger partial charge >= 0.3 is 0 Å². The fraction of sp³-hybridized carbons (Fsp3) is 0.600. The average Bonchev–Trinajstić information content (AvgIpc) is 3.07. The molecular weight excluding hydrogens is 210 g/mol. The van der Waals surface area contributed by atoms with Gasteiger partial charge < -0.3 is 10.1 Å². The van der Waals surface area contributed by atoms with Crippen LogP contribution in [0.3, 0.4) is 0 Å². The van der Waals surface area contributed by atoms with E-state index in [0.717, 1.165) is 30.6 Å². The molecule has 1 aliphatic carbocycles. The highest BCUT2D eigenvalue weighted by Crippen LogP contribution is 2.47. The molecule has 17 heavy (non-hydrogen) atoms. The van der Waals surface area contributed by atoms with Crippen LogP contribution in [0.25, 0.3) is 0 Å². The number of hydrogen-bond acceptors (Lipinski definition) is 2. The van der Waals surface area contributed by atoms with Crippen LogP contribution in [0.15, 0.2) is 18.2 Å². The lowest BCUT2D eigenvalue weighted by atomic mass is 9.96. The molecule has 0 spiro atoms. The molecule has 2 heteroatoms. The largest absolute Gasteiger partial charge is 0.493 e. The molecule has 0 amide bonds. The lowest BCUT2D eigenvalue weighted by molar-refractivity contribution is 0.288. The summed E-state index contributed by atoms with van der Waals surface area (Å²) in [6.07, 6.45) is 3.68. The fourth-order valence-electron chi connectivity index (χ4n) is 3.02. The fourth-order valence-corrected chi connectivity index (χ4v) is 3.02. The van der Waals surface area contributed by atoms with Gasteiger partial charge in [-0.3, -0.25) is 0 Å². The van der Waals surface area contributed by atoms with Gasteiger partial charge in [0, 0.05) is 6.04 Å². The molecule has 1 aromatic rings. The zero-order valence-electron chi connectivity index (χ0n) is 10.7.